The third-order valence-electron chi connectivity index (χ3n) is 5.03. The van der Waals surface area contributed by atoms with E-state index in [2.05, 4.69) is 5.32 Å². The van der Waals surface area contributed by atoms with Crippen molar-refractivity contribution in [1.29, 1.82) is 0 Å². The van der Waals surface area contributed by atoms with Crippen molar-refractivity contribution < 1.29 is 23.8 Å². The van der Waals surface area contributed by atoms with E-state index in [-0.39, 0.29) is 11.7 Å². The van der Waals surface area contributed by atoms with Crippen LogP contribution in [0.2, 0.25) is 0 Å². The minimum absolute atomic E-state index is 0.0841. The molecule has 8 heteroatoms. The Bertz CT molecular complexity index is 1030. The number of carbonyl (C=O) groups excluding carboxylic acids is 2. The van der Waals surface area contributed by atoms with Gasteiger partial charge in [-0.3, -0.25) is 14.5 Å². The fourth-order valence-electron chi connectivity index (χ4n) is 3.26. The molecule has 1 aliphatic heterocycles. The predicted molar refractivity (Wildman–Crippen MR) is 105 cm³/mol. The summed E-state index contributed by atoms with van der Waals surface area (Å²) in [6, 6.07) is 10.9. The van der Waals surface area contributed by atoms with Crippen LogP contribution in [0.25, 0.3) is 0 Å². The summed E-state index contributed by atoms with van der Waals surface area (Å²) in [5.41, 5.74) is 0.976. The maximum absolute atomic E-state index is 13.0. The third-order valence-corrected chi connectivity index (χ3v) is 6.12. The van der Waals surface area contributed by atoms with Gasteiger partial charge in [0.2, 0.25) is 5.91 Å². The van der Waals surface area contributed by atoms with Gasteiger partial charge in [-0.25, -0.2) is 9.13 Å². The summed E-state index contributed by atoms with van der Waals surface area (Å²) >= 11 is 0. The third kappa shape index (κ3) is 3.12. The average Bonchev–Trinajstić information content (AvgIpc) is 2.83. The minimum Gasteiger partial charge on any atom is -0.508 e. The summed E-state index contributed by atoms with van der Waals surface area (Å²) in [5.74, 6) is -0.654. The standard InChI is InChI=1S/C20H21N2O5P/c1-19(2)15-10-5-12(17(24)21-13-6-8-14(23)9-7-13)11-16(15)22(18(19)25)20(3,4)28(26)27/h5-11,23H,1-4H3,(H,21,24). The Morgan fingerprint density at radius 3 is 2.29 bits per heavy atom. The van der Waals surface area contributed by atoms with Crippen LogP contribution in [0.3, 0.4) is 0 Å². The molecule has 0 unspecified atom stereocenters. The Morgan fingerprint density at radius 1 is 1.11 bits per heavy atom. The Balaban J connectivity index is 2.03. The van der Waals surface area contributed by atoms with Gasteiger partial charge in [-0.05, 0) is 69.7 Å². The van der Waals surface area contributed by atoms with Crippen LogP contribution in [-0.2, 0) is 19.3 Å². The first-order valence-corrected chi connectivity index (χ1v) is 9.88. The molecule has 1 heterocycles. The lowest BCUT2D eigenvalue weighted by atomic mass is 9.86. The molecule has 3 rings (SSSR count). The number of carbonyl (C=O) groups is 2. The molecule has 0 spiro atoms. The van der Waals surface area contributed by atoms with E-state index >= 15 is 0 Å². The summed E-state index contributed by atoms with van der Waals surface area (Å²) in [5, 5.41) is 10.6. The Labute approximate surface area is 163 Å². The summed E-state index contributed by atoms with van der Waals surface area (Å²) < 4.78 is 23.6. The number of nitrogens with one attached hydrogen (secondary N) is 1. The number of phenols is 1. The number of fused-ring (bicyclic) bond motifs is 1. The van der Waals surface area contributed by atoms with Crippen molar-refractivity contribution in [2.24, 2.45) is 0 Å². The highest BCUT2D eigenvalue weighted by atomic mass is 31.1. The van der Waals surface area contributed by atoms with Gasteiger partial charge < -0.3 is 10.4 Å². The number of rotatable bonds is 4. The van der Waals surface area contributed by atoms with Crippen molar-refractivity contribution in [2.75, 3.05) is 10.2 Å². The smallest absolute Gasteiger partial charge is 0.341 e. The minimum atomic E-state index is -2.93. The number of benzene rings is 2. The molecule has 0 aromatic heterocycles. The van der Waals surface area contributed by atoms with Crippen LogP contribution in [0, 0.1) is 0 Å². The molecular formula is C20H21N2O5P. The van der Waals surface area contributed by atoms with E-state index in [4.69, 9.17) is 0 Å². The molecular weight excluding hydrogens is 379 g/mol. The zero-order valence-corrected chi connectivity index (χ0v) is 16.9. The number of aromatic hydroxyl groups is 1. The molecule has 146 valence electrons. The van der Waals surface area contributed by atoms with Gasteiger partial charge in [0.05, 0.1) is 11.1 Å². The first kappa shape index (κ1) is 19.8. The molecule has 0 radical (unpaired) electrons. The molecule has 0 saturated carbocycles. The highest BCUT2D eigenvalue weighted by molar-refractivity contribution is 7.33. The summed E-state index contributed by atoms with van der Waals surface area (Å²) in [4.78, 5) is 26.9. The highest BCUT2D eigenvalue weighted by Gasteiger charge is 2.51. The normalized spacial score (nSPS) is 15.3. The number of hydrogen-bond acceptors (Lipinski definition) is 5. The second-order valence-electron chi connectivity index (χ2n) is 7.75. The van der Waals surface area contributed by atoms with E-state index in [0.717, 1.165) is 0 Å². The van der Waals surface area contributed by atoms with Gasteiger partial charge in [0.25, 0.3) is 5.91 Å². The molecule has 0 fully saturated rings. The van der Waals surface area contributed by atoms with E-state index in [1.165, 1.54) is 36.9 Å². The van der Waals surface area contributed by atoms with E-state index in [0.29, 0.717) is 22.5 Å². The van der Waals surface area contributed by atoms with Gasteiger partial charge in [-0.1, -0.05) is 6.07 Å². The van der Waals surface area contributed by atoms with Crippen molar-refractivity contribution >= 4 is 30.9 Å². The van der Waals surface area contributed by atoms with E-state index in [1.807, 2.05) is 0 Å². The molecule has 7 nitrogen and oxygen atoms in total. The number of anilines is 2. The molecule has 0 aliphatic carbocycles. The first-order chi connectivity index (χ1) is 13.0. The first-order valence-electron chi connectivity index (χ1n) is 8.70. The molecule has 1 aliphatic rings. The van der Waals surface area contributed by atoms with Crippen molar-refractivity contribution in [3.05, 3.63) is 53.6 Å². The van der Waals surface area contributed by atoms with Crippen molar-refractivity contribution in [1.82, 2.24) is 0 Å². The van der Waals surface area contributed by atoms with E-state index in [1.54, 1.807) is 38.1 Å². The maximum atomic E-state index is 13.0. The number of nitrogens with zero attached hydrogens (tertiary/aromatic N) is 1. The molecule has 28 heavy (non-hydrogen) atoms. The van der Waals surface area contributed by atoms with E-state index < -0.39 is 24.3 Å². The van der Waals surface area contributed by atoms with Gasteiger partial charge in [-0.2, -0.15) is 0 Å². The fourth-order valence-corrected chi connectivity index (χ4v) is 3.63. The summed E-state index contributed by atoms with van der Waals surface area (Å²) in [6.07, 6.45) is 0. The van der Waals surface area contributed by atoms with Gasteiger partial charge in [0.1, 0.15) is 5.75 Å². The predicted octanol–water partition coefficient (Wildman–Crippen LogP) is 4.18. The van der Waals surface area contributed by atoms with Gasteiger partial charge in [0.15, 0.2) is 5.28 Å². The van der Waals surface area contributed by atoms with Crippen molar-refractivity contribution in [2.45, 2.75) is 38.4 Å². The molecule has 2 aromatic carbocycles. The Hall–Kier alpha value is -2.92. The second kappa shape index (κ2) is 6.60. The topological polar surface area (TPSA) is 104 Å². The van der Waals surface area contributed by atoms with Gasteiger partial charge >= 0.3 is 7.68 Å². The zero-order valence-electron chi connectivity index (χ0n) is 16.0. The number of phenolic OH excluding ortho intramolecular Hbond substituents is 1. The van der Waals surface area contributed by atoms with Crippen LogP contribution < -0.4 is 10.2 Å². The number of hydrogen-bond donors (Lipinski definition) is 2. The molecule has 0 bridgehead atoms. The molecule has 0 saturated heterocycles. The lowest BCUT2D eigenvalue weighted by Gasteiger charge is -2.30. The number of amides is 2. The SMILES string of the molecule is CC1(C)C(=O)N(C(C)(C)P(=O)=O)c2cc(C(=O)Nc3ccc(O)cc3)ccc21. The van der Waals surface area contributed by atoms with Crippen LogP contribution in [-0.4, -0.2) is 22.2 Å². The van der Waals surface area contributed by atoms with Crippen molar-refractivity contribution in [3.8, 4) is 5.75 Å². The second-order valence-corrected chi connectivity index (χ2v) is 9.36. The lowest BCUT2D eigenvalue weighted by molar-refractivity contribution is -0.122. The van der Waals surface area contributed by atoms with Crippen LogP contribution in [0.1, 0.15) is 43.6 Å². The zero-order chi connectivity index (χ0) is 20.9. The molecule has 2 N–H and O–H groups in total. The molecule has 2 amide bonds. The lowest BCUT2D eigenvalue weighted by Crippen LogP contribution is -2.46. The molecule has 0 atom stereocenters. The summed E-state index contributed by atoms with van der Waals surface area (Å²) in [7, 11) is -2.93. The average molecular weight is 400 g/mol. The fraction of sp³-hybridized carbons (Fsp3) is 0.300. The van der Waals surface area contributed by atoms with Gasteiger partial charge in [0, 0.05) is 11.3 Å². The van der Waals surface area contributed by atoms with Gasteiger partial charge in [-0.15, -0.1) is 0 Å². The maximum Gasteiger partial charge on any atom is 0.341 e. The van der Waals surface area contributed by atoms with Crippen LogP contribution in [0.4, 0.5) is 11.4 Å². The summed E-state index contributed by atoms with van der Waals surface area (Å²) in [6.45, 7) is 6.40. The quantitative estimate of drug-likeness (QED) is 0.592. The largest absolute Gasteiger partial charge is 0.508 e. The Morgan fingerprint density at radius 2 is 1.71 bits per heavy atom. The van der Waals surface area contributed by atoms with E-state index in [9.17, 15) is 23.8 Å². The van der Waals surface area contributed by atoms with Crippen LogP contribution >= 0.6 is 7.68 Å². The van der Waals surface area contributed by atoms with Crippen LogP contribution in [0.15, 0.2) is 42.5 Å². The Kier molecular flexibility index (Phi) is 4.68. The monoisotopic (exact) mass is 400 g/mol. The molecule has 2 aromatic rings. The van der Waals surface area contributed by atoms with Crippen molar-refractivity contribution in [3.63, 3.8) is 0 Å². The highest BCUT2D eigenvalue weighted by Crippen LogP contribution is 2.48. The van der Waals surface area contributed by atoms with Crippen LogP contribution in [0.5, 0.6) is 5.75 Å².